The smallest absolute Gasteiger partial charge is 0.236 e. The van der Waals surface area contributed by atoms with Gasteiger partial charge in [0.2, 0.25) is 5.91 Å². The lowest BCUT2D eigenvalue weighted by atomic mass is 10.1. The number of fused-ring (bicyclic) bond motifs is 1. The van der Waals surface area contributed by atoms with Crippen LogP contribution in [0.3, 0.4) is 0 Å². The van der Waals surface area contributed by atoms with Crippen LogP contribution in [0.5, 0.6) is 0 Å². The van der Waals surface area contributed by atoms with E-state index < -0.39 is 0 Å². The van der Waals surface area contributed by atoms with Crippen molar-refractivity contribution < 1.29 is 4.79 Å². The average molecular weight is 366 g/mol. The standard InChI is InChI=1S/C17H24BrN3O/c1-13(2)9-21-11-16-10-19(7-8-20(16)12-17(21)22)15-5-3-14(18)4-6-15/h3-6,13,16H,7-12H2,1-2H3. The van der Waals surface area contributed by atoms with Crippen molar-refractivity contribution in [3.05, 3.63) is 28.7 Å². The molecule has 1 unspecified atom stereocenters. The van der Waals surface area contributed by atoms with Gasteiger partial charge in [0, 0.05) is 48.9 Å². The average Bonchev–Trinajstić information content (AvgIpc) is 2.48. The number of amides is 1. The van der Waals surface area contributed by atoms with Crippen LogP contribution in [0.25, 0.3) is 0 Å². The van der Waals surface area contributed by atoms with Crippen molar-refractivity contribution >= 4 is 27.5 Å². The number of nitrogens with zero attached hydrogens (tertiary/aromatic N) is 3. The molecular weight excluding hydrogens is 342 g/mol. The lowest BCUT2D eigenvalue weighted by Gasteiger charge is -2.47. The molecule has 120 valence electrons. The number of carbonyl (C=O) groups excluding carboxylic acids is 1. The molecule has 0 bridgehead atoms. The van der Waals surface area contributed by atoms with Gasteiger partial charge >= 0.3 is 0 Å². The van der Waals surface area contributed by atoms with Gasteiger partial charge in [-0.15, -0.1) is 0 Å². The third-order valence-electron chi connectivity index (χ3n) is 4.50. The second-order valence-electron chi connectivity index (χ2n) is 6.74. The molecule has 0 spiro atoms. The van der Waals surface area contributed by atoms with E-state index in [2.05, 4.69) is 68.7 Å². The Balaban J connectivity index is 1.68. The summed E-state index contributed by atoms with van der Waals surface area (Å²) >= 11 is 3.49. The Morgan fingerprint density at radius 2 is 1.91 bits per heavy atom. The zero-order valence-electron chi connectivity index (χ0n) is 13.3. The van der Waals surface area contributed by atoms with E-state index >= 15 is 0 Å². The zero-order valence-corrected chi connectivity index (χ0v) is 14.9. The molecule has 22 heavy (non-hydrogen) atoms. The summed E-state index contributed by atoms with van der Waals surface area (Å²) in [5.74, 6) is 0.823. The fourth-order valence-corrected chi connectivity index (χ4v) is 3.67. The third kappa shape index (κ3) is 3.46. The minimum absolute atomic E-state index is 0.294. The highest BCUT2D eigenvalue weighted by molar-refractivity contribution is 9.10. The molecule has 2 fully saturated rings. The molecule has 2 aliphatic rings. The molecule has 2 saturated heterocycles. The van der Waals surface area contributed by atoms with Crippen LogP contribution in [-0.2, 0) is 4.79 Å². The summed E-state index contributed by atoms with van der Waals surface area (Å²) < 4.78 is 1.11. The first-order valence-electron chi connectivity index (χ1n) is 8.05. The van der Waals surface area contributed by atoms with Crippen molar-refractivity contribution in [3.63, 3.8) is 0 Å². The van der Waals surface area contributed by atoms with Gasteiger partial charge < -0.3 is 9.80 Å². The Morgan fingerprint density at radius 3 is 2.59 bits per heavy atom. The largest absolute Gasteiger partial charge is 0.369 e. The van der Waals surface area contributed by atoms with Crippen molar-refractivity contribution in [1.29, 1.82) is 0 Å². The summed E-state index contributed by atoms with van der Waals surface area (Å²) in [5, 5.41) is 0. The van der Waals surface area contributed by atoms with Gasteiger partial charge in [0.1, 0.15) is 0 Å². The van der Waals surface area contributed by atoms with Crippen molar-refractivity contribution in [2.24, 2.45) is 5.92 Å². The summed E-state index contributed by atoms with van der Waals surface area (Å²) in [6.07, 6.45) is 0. The maximum absolute atomic E-state index is 12.2. The van der Waals surface area contributed by atoms with Gasteiger partial charge in [0.05, 0.1) is 6.54 Å². The van der Waals surface area contributed by atoms with E-state index in [1.807, 2.05) is 0 Å². The van der Waals surface area contributed by atoms with Crippen molar-refractivity contribution in [2.75, 3.05) is 44.2 Å². The highest BCUT2D eigenvalue weighted by atomic mass is 79.9. The van der Waals surface area contributed by atoms with Crippen LogP contribution >= 0.6 is 15.9 Å². The predicted octanol–water partition coefficient (Wildman–Crippen LogP) is 2.44. The molecule has 0 radical (unpaired) electrons. The Labute approximate surface area is 141 Å². The molecule has 1 aromatic carbocycles. The van der Waals surface area contributed by atoms with Gasteiger partial charge in [-0.05, 0) is 30.2 Å². The van der Waals surface area contributed by atoms with E-state index in [0.717, 1.165) is 37.2 Å². The van der Waals surface area contributed by atoms with Crippen LogP contribution in [0, 0.1) is 5.92 Å². The first-order chi connectivity index (χ1) is 10.5. The monoisotopic (exact) mass is 365 g/mol. The van der Waals surface area contributed by atoms with Crippen LogP contribution < -0.4 is 4.90 Å². The molecule has 3 rings (SSSR count). The summed E-state index contributed by atoms with van der Waals surface area (Å²) in [6.45, 7) is 9.65. The molecule has 5 heteroatoms. The highest BCUT2D eigenvalue weighted by Gasteiger charge is 2.35. The molecule has 0 saturated carbocycles. The van der Waals surface area contributed by atoms with Crippen molar-refractivity contribution in [3.8, 4) is 0 Å². The van der Waals surface area contributed by atoms with Crippen LogP contribution in [0.15, 0.2) is 28.7 Å². The quantitative estimate of drug-likeness (QED) is 0.822. The minimum Gasteiger partial charge on any atom is -0.369 e. The van der Waals surface area contributed by atoms with Crippen LogP contribution in [0.2, 0.25) is 0 Å². The van der Waals surface area contributed by atoms with E-state index in [0.29, 0.717) is 24.4 Å². The SMILES string of the molecule is CC(C)CN1CC2CN(c3ccc(Br)cc3)CCN2CC1=O. The van der Waals surface area contributed by atoms with Crippen LogP contribution in [-0.4, -0.2) is 61.0 Å². The Bertz CT molecular complexity index is 531. The predicted molar refractivity (Wildman–Crippen MR) is 93.1 cm³/mol. The molecule has 1 aromatic rings. The maximum Gasteiger partial charge on any atom is 0.236 e. The second-order valence-corrected chi connectivity index (χ2v) is 7.65. The summed E-state index contributed by atoms with van der Waals surface area (Å²) in [5.41, 5.74) is 1.27. The summed E-state index contributed by atoms with van der Waals surface area (Å²) in [7, 11) is 0. The highest BCUT2D eigenvalue weighted by Crippen LogP contribution is 2.24. The van der Waals surface area contributed by atoms with Gasteiger partial charge in [0.15, 0.2) is 0 Å². The molecule has 1 amide bonds. The second kappa shape index (κ2) is 6.59. The molecular formula is C17H24BrN3O. The Hall–Kier alpha value is -1.07. The van der Waals surface area contributed by atoms with Gasteiger partial charge in [-0.2, -0.15) is 0 Å². The molecule has 0 N–H and O–H groups in total. The van der Waals surface area contributed by atoms with Crippen molar-refractivity contribution in [2.45, 2.75) is 19.9 Å². The summed E-state index contributed by atoms with van der Waals surface area (Å²) in [6, 6.07) is 8.97. The van der Waals surface area contributed by atoms with Gasteiger partial charge in [-0.1, -0.05) is 29.8 Å². The van der Waals surface area contributed by atoms with Gasteiger partial charge in [-0.25, -0.2) is 0 Å². The number of anilines is 1. The normalized spacial score (nSPS) is 23.1. The number of rotatable bonds is 3. The minimum atomic E-state index is 0.294. The zero-order chi connectivity index (χ0) is 15.7. The number of carbonyl (C=O) groups is 1. The molecule has 0 aliphatic carbocycles. The molecule has 2 heterocycles. The van der Waals surface area contributed by atoms with E-state index in [1.54, 1.807) is 0 Å². The lowest BCUT2D eigenvalue weighted by molar-refractivity contribution is -0.139. The lowest BCUT2D eigenvalue weighted by Crippen LogP contribution is -2.64. The first-order valence-corrected chi connectivity index (χ1v) is 8.84. The van der Waals surface area contributed by atoms with Crippen LogP contribution in [0.4, 0.5) is 5.69 Å². The number of benzene rings is 1. The topological polar surface area (TPSA) is 26.8 Å². The number of hydrogen-bond donors (Lipinski definition) is 0. The fourth-order valence-electron chi connectivity index (χ4n) is 3.41. The maximum atomic E-state index is 12.2. The fraction of sp³-hybridized carbons (Fsp3) is 0.588. The van der Waals surface area contributed by atoms with E-state index in [-0.39, 0.29) is 0 Å². The van der Waals surface area contributed by atoms with Crippen LogP contribution in [0.1, 0.15) is 13.8 Å². The molecule has 1 atom stereocenters. The molecule has 4 nitrogen and oxygen atoms in total. The first kappa shape index (κ1) is 15.8. The summed E-state index contributed by atoms with van der Waals surface area (Å²) in [4.78, 5) is 19.1. The molecule has 0 aromatic heterocycles. The van der Waals surface area contributed by atoms with Crippen molar-refractivity contribution in [1.82, 2.24) is 9.80 Å². The van der Waals surface area contributed by atoms with E-state index in [1.165, 1.54) is 5.69 Å². The van der Waals surface area contributed by atoms with E-state index in [9.17, 15) is 4.79 Å². The Morgan fingerprint density at radius 1 is 1.18 bits per heavy atom. The Kier molecular flexibility index (Phi) is 4.73. The number of piperazine rings is 2. The number of hydrogen-bond acceptors (Lipinski definition) is 3. The van der Waals surface area contributed by atoms with Gasteiger partial charge in [-0.3, -0.25) is 9.69 Å². The third-order valence-corrected chi connectivity index (χ3v) is 5.03. The molecule has 2 aliphatic heterocycles. The van der Waals surface area contributed by atoms with E-state index in [4.69, 9.17) is 0 Å². The number of halogens is 1. The van der Waals surface area contributed by atoms with Gasteiger partial charge in [0.25, 0.3) is 0 Å².